The van der Waals surface area contributed by atoms with Crippen LogP contribution in [0.15, 0.2) is 59.6 Å². The molecule has 2 rings (SSSR count). The first-order chi connectivity index (χ1) is 12.9. The van der Waals surface area contributed by atoms with Crippen molar-refractivity contribution in [2.24, 2.45) is 0 Å². The van der Waals surface area contributed by atoms with Crippen molar-refractivity contribution in [3.05, 3.63) is 70.7 Å². The maximum atomic E-state index is 12.6. The summed E-state index contributed by atoms with van der Waals surface area (Å²) in [5, 5.41) is 5.65. The largest absolute Gasteiger partial charge is 0.489 e. The lowest BCUT2D eigenvalue weighted by Crippen LogP contribution is -2.22. The number of halogens is 1. The van der Waals surface area contributed by atoms with Gasteiger partial charge in [-0.25, -0.2) is 0 Å². The zero-order valence-corrected chi connectivity index (χ0v) is 17.0. The van der Waals surface area contributed by atoms with Crippen LogP contribution in [-0.4, -0.2) is 17.9 Å². The number of carbonyl (C=O) groups is 2. The average Bonchev–Trinajstić information content (AvgIpc) is 2.62. The number of rotatable bonds is 8. The van der Waals surface area contributed by atoms with Crippen molar-refractivity contribution < 1.29 is 14.3 Å². The minimum atomic E-state index is -0.251. The van der Waals surface area contributed by atoms with Gasteiger partial charge in [-0.1, -0.05) is 46.8 Å². The van der Waals surface area contributed by atoms with Crippen molar-refractivity contribution in [2.75, 3.05) is 5.32 Å². The second kappa shape index (κ2) is 9.92. The molecule has 0 radical (unpaired) electrons. The van der Waals surface area contributed by atoms with E-state index in [0.29, 0.717) is 18.0 Å². The summed E-state index contributed by atoms with van der Waals surface area (Å²) in [7, 11) is 0. The van der Waals surface area contributed by atoms with E-state index in [1.807, 2.05) is 56.3 Å². The molecule has 0 unspecified atom stereocenters. The van der Waals surface area contributed by atoms with Crippen molar-refractivity contribution in [3.8, 4) is 5.75 Å². The van der Waals surface area contributed by atoms with Crippen LogP contribution >= 0.6 is 15.9 Å². The predicted octanol–water partition coefficient (Wildman–Crippen LogP) is 4.22. The van der Waals surface area contributed by atoms with Crippen LogP contribution in [-0.2, 0) is 22.6 Å². The zero-order valence-electron chi connectivity index (χ0n) is 15.4. The molecular weight excluding hydrogens is 408 g/mol. The van der Waals surface area contributed by atoms with E-state index in [9.17, 15) is 9.59 Å². The van der Waals surface area contributed by atoms with E-state index in [0.717, 1.165) is 15.6 Å². The monoisotopic (exact) mass is 430 g/mol. The van der Waals surface area contributed by atoms with Gasteiger partial charge in [0.15, 0.2) is 0 Å². The number of anilines is 1. The Morgan fingerprint density at radius 2 is 1.89 bits per heavy atom. The van der Waals surface area contributed by atoms with Gasteiger partial charge in [-0.05, 0) is 49.2 Å². The van der Waals surface area contributed by atoms with Gasteiger partial charge >= 0.3 is 0 Å². The first-order valence-electron chi connectivity index (χ1n) is 8.62. The molecule has 0 spiro atoms. The summed E-state index contributed by atoms with van der Waals surface area (Å²) in [6.07, 6.45) is 1.41. The van der Waals surface area contributed by atoms with E-state index < -0.39 is 0 Å². The SMILES string of the molecule is C=CC(=O)NCc1ccccc1CC(=O)Nc1cc(Br)ccc1OC(C)C. The van der Waals surface area contributed by atoms with Crippen molar-refractivity contribution in [2.45, 2.75) is 32.9 Å². The maximum absolute atomic E-state index is 12.6. The summed E-state index contributed by atoms with van der Waals surface area (Å²) < 4.78 is 6.61. The minimum absolute atomic E-state index is 0.00368. The van der Waals surface area contributed by atoms with Gasteiger partial charge in [0.05, 0.1) is 18.2 Å². The zero-order chi connectivity index (χ0) is 19.8. The first kappa shape index (κ1) is 20.7. The highest BCUT2D eigenvalue weighted by Gasteiger charge is 2.12. The highest BCUT2D eigenvalue weighted by atomic mass is 79.9. The van der Waals surface area contributed by atoms with Gasteiger partial charge in [0.2, 0.25) is 11.8 Å². The van der Waals surface area contributed by atoms with Crippen molar-refractivity contribution >= 4 is 33.4 Å². The van der Waals surface area contributed by atoms with E-state index in [4.69, 9.17) is 4.74 Å². The minimum Gasteiger partial charge on any atom is -0.489 e. The maximum Gasteiger partial charge on any atom is 0.243 e. The molecule has 6 heteroatoms. The molecule has 2 aromatic carbocycles. The Morgan fingerprint density at radius 1 is 1.19 bits per heavy atom. The standard InChI is InChI=1S/C21H23BrN2O3/c1-4-20(25)23-13-16-8-6-5-7-15(16)11-21(26)24-18-12-17(22)9-10-19(18)27-14(2)3/h4-10,12,14H,1,11,13H2,2-3H3,(H,23,25)(H,24,26). The molecule has 0 aromatic heterocycles. The number of hydrogen-bond acceptors (Lipinski definition) is 3. The average molecular weight is 431 g/mol. The molecule has 0 heterocycles. The molecule has 0 saturated carbocycles. The second-order valence-corrected chi connectivity index (χ2v) is 7.14. The second-order valence-electron chi connectivity index (χ2n) is 6.22. The molecule has 0 fully saturated rings. The molecule has 2 N–H and O–H groups in total. The summed E-state index contributed by atoms with van der Waals surface area (Å²) in [5.41, 5.74) is 2.34. The molecule has 142 valence electrons. The van der Waals surface area contributed by atoms with Crippen molar-refractivity contribution in [1.82, 2.24) is 5.32 Å². The highest BCUT2D eigenvalue weighted by molar-refractivity contribution is 9.10. The van der Waals surface area contributed by atoms with Crippen LogP contribution in [0.3, 0.4) is 0 Å². The molecule has 0 atom stereocenters. The Bertz CT molecular complexity index is 834. The van der Waals surface area contributed by atoms with Gasteiger partial charge in [-0.15, -0.1) is 0 Å². The van der Waals surface area contributed by atoms with Crippen LogP contribution < -0.4 is 15.4 Å². The third-order valence-electron chi connectivity index (χ3n) is 3.69. The van der Waals surface area contributed by atoms with Crippen LogP contribution in [0, 0.1) is 0 Å². The fraction of sp³-hybridized carbons (Fsp3) is 0.238. The molecule has 0 saturated heterocycles. The molecule has 0 aliphatic heterocycles. The normalized spacial score (nSPS) is 10.4. The summed E-state index contributed by atoms with van der Waals surface area (Å²) in [6, 6.07) is 13.0. The summed E-state index contributed by atoms with van der Waals surface area (Å²) in [4.78, 5) is 24.0. The van der Waals surface area contributed by atoms with E-state index in [1.165, 1.54) is 6.08 Å². The van der Waals surface area contributed by atoms with Gasteiger partial charge in [0, 0.05) is 11.0 Å². The van der Waals surface area contributed by atoms with Gasteiger partial charge in [0.25, 0.3) is 0 Å². The molecule has 2 amide bonds. The Labute approximate surface area is 167 Å². The lowest BCUT2D eigenvalue weighted by Gasteiger charge is -2.16. The fourth-order valence-electron chi connectivity index (χ4n) is 2.48. The highest BCUT2D eigenvalue weighted by Crippen LogP contribution is 2.29. The number of nitrogens with one attached hydrogen (secondary N) is 2. The van der Waals surface area contributed by atoms with Crippen LogP contribution in [0.2, 0.25) is 0 Å². The lowest BCUT2D eigenvalue weighted by molar-refractivity contribution is -0.116. The Kier molecular flexibility index (Phi) is 7.61. The van der Waals surface area contributed by atoms with Gasteiger partial charge in [-0.3, -0.25) is 9.59 Å². The van der Waals surface area contributed by atoms with E-state index >= 15 is 0 Å². The molecule has 0 aliphatic rings. The van der Waals surface area contributed by atoms with Crippen LogP contribution in [0.1, 0.15) is 25.0 Å². The molecule has 2 aromatic rings. The number of ether oxygens (including phenoxy) is 1. The van der Waals surface area contributed by atoms with E-state index in [2.05, 4.69) is 33.1 Å². The van der Waals surface area contributed by atoms with Crippen LogP contribution in [0.4, 0.5) is 5.69 Å². The number of amides is 2. The summed E-state index contributed by atoms with van der Waals surface area (Å²) in [6.45, 7) is 7.64. The first-order valence-corrected chi connectivity index (χ1v) is 9.41. The lowest BCUT2D eigenvalue weighted by atomic mass is 10.0. The molecule has 0 bridgehead atoms. The van der Waals surface area contributed by atoms with Crippen molar-refractivity contribution in [1.29, 1.82) is 0 Å². The molecular formula is C21H23BrN2O3. The van der Waals surface area contributed by atoms with E-state index in [1.54, 1.807) is 0 Å². The van der Waals surface area contributed by atoms with Gasteiger partial charge in [0.1, 0.15) is 5.75 Å². The van der Waals surface area contributed by atoms with E-state index in [-0.39, 0.29) is 24.3 Å². The smallest absolute Gasteiger partial charge is 0.243 e. The summed E-state index contributed by atoms with van der Waals surface area (Å²) in [5.74, 6) is 0.205. The quantitative estimate of drug-likeness (QED) is 0.615. The fourth-order valence-corrected chi connectivity index (χ4v) is 2.84. The molecule has 27 heavy (non-hydrogen) atoms. The Morgan fingerprint density at radius 3 is 2.56 bits per heavy atom. The third kappa shape index (κ3) is 6.57. The van der Waals surface area contributed by atoms with Gasteiger partial charge < -0.3 is 15.4 Å². The van der Waals surface area contributed by atoms with Crippen molar-refractivity contribution in [3.63, 3.8) is 0 Å². The third-order valence-corrected chi connectivity index (χ3v) is 4.18. The molecule has 0 aliphatic carbocycles. The van der Waals surface area contributed by atoms with Crippen LogP contribution in [0.5, 0.6) is 5.75 Å². The number of benzene rings is 2. The molecule has 5 nitrogen and oxygen atoms in total. The predicted molar refractivity (Wildman–Crippen MR) is 111 cm³/mol. The van der Waals surface area contributed by atoms with Gasteiger partial charge in [-0.2, -0.15) is 0 Å². The number of hydrogen-bond donors (Lipinski definition) is 2. The Hall–Kier alpha value is -2.60. The topological polar surface area (TPSA) is 67.4 Å². The number of carbonyl (C=O) groups excluding carboxylic acids is 2. The summed E-state index contributed by atoms with van der Waals surface area (Å²) >= 11 is 3.42. The Balaban J connectivity index is 2.11. The van der Waals surface area contributed by atoms with Crippen LogP contribution in [0.25, 0.3) is 0 Å².